The molecule has 0 fully saturated rings. The van der Waals surface area contributed by atoms with Gasteiger partial charge in [-0.15, -0.1) is 0 Å². The van der Waals surface area contributed by atoms with Gasteiger partial charge in [0.1, 0.15) is 11.9 Å². The Bertz CT molecular complexity index is 344. The van der Waals surface area contributed by atoms with Gasteiger partial charge in [0.05, 0.1) is 5.92 Å². The van der Waals surface area contributed by atoms with E-state index in [1.54, 1.807) is 6.92 Å². The third kappa shape index (κ3) is 6.36. The first-order valence-electron chi connectivity index (χ1n) is 7.77. The van der Waals surface area contributed by atoms with E-state index in [9.17, 15) is 9.59 Å². The number of esters is 1. The molecule has 0 spiro atoms. The molecule has 20 heavy (non-hydrogen) atoms. The van der Waals surface area contributed by atoms with Crippen molar-refractivity contribution >= 4 is 11.8 Å². The first-order valence-corrected chi connectivity index (χ1v) is 7.77. The Labute approximate surface area is 123 Å². The van der Waals surface area contributed by atoms with Gasteiger partial charge in [-0.1, -0.05) is 47.1 Å². The van der Waals surface area contributed by atoms with E-state index in [1.807, 2.05) is 20.8 Å². The Balaban J connectivity index is 5.09. The molecule has 0 unspecified atom stereocenters. The summed E-state index contributed by atoms with van der Waals surface area (Å²) >= 11 is 0. The van der Waals surface area contributed by atoms with Crippen molar-refractivity contribution in [2.45, 2.75) is 73.3 Å². The van der Waals surface area contributed by atoms with Gasteiger partial charge < -0.3 is 4.74 Å². The van der Waals surface area contributed by atoms with Crippen LogP contribution in [0.4, 0.5) is 0 Å². The summed E-state index contributed by atoms with van der Waals surface area (Å²) in [5.74, 6) is 0.0452. The van der Waals surface area contributed by atoms with Crippen molar-refractivity contribution in [3.63, 3.8) is 0 Å². The standard InChI is InChI=1S/C17H30O3/c1-7-10-12(4)11-13(5)17(20-16(19)9-3)14(6)15(18)8-2/h11-12,14,17H,7-10H2,1-6H3/b13-11+/t12-,14+,17-/m1/s1. The summed E-state index contributed by atoms with van der Waals surface area (Å²) in [6, 6.07) is 0. The van der Waals surface area contributed by atoms with Crippen molar-refractivity contribution in [2.75, 3.05) is 0 Å². The number of carbonyl (C=O) groups is 2. The van der Waals surface area contributed by atoms with Crippen LogP contribution in [0.2, 0.25) is 0 Å². The van der Waals surface area contributed by atoms with Crippen LogP contribution in [0.25, 0.3) is 0 Å². The number of Topliss-reactive ketones (excluding diaryl/α,β-unsaturated/α-hetero) is 1. The number of rotatable bonds is 9. The summed E-state index contributed by atoms with van der Waals surface area (Å²) in [5, 5.41) is 0. The number of allylic oxidation sites excluding steroid dienone is 1. The number of carbonyl (C=O) groups excluding carboxylic acids is 2. The van der Waals surface area contributed by atoms with Crippen LogP contribution in [0.3, 0.4) is 0 Å². The molecule has 3 heteroatoms. The lowest BCUT2D eigenvalue weighted by molar-refractivity contribution is -0.150. The molecule has 0 bridgehead atoms. The maximum atomic E-state index is 11.9. The molecule has 116 valence electrons. The second kappa shape index (κ2) is 9.73. The zero-order chi connectivity index (χ0) is 15.7. The molecule has 3 nitrogen and oxygen atoms in total. The summed E-state index contributed by atoms with van der Waals surface area (Å²) in [6.45, 7) is 11.7. The van der Waals surface area contributed by atoms with Crippen LogP contribution in [-0.4, -0.2) is 17.9 Å². The van der Waals surface area contributed by atoms with Crippen LogP contribution < -0.4 is 0 Å². The van der Waals surface area contributed by atoms with E-state index in [1.165, 1.54) is 0 Å². The Morgan fingerprint density at radius 3 is 2.15 bits per heavy atom. The van der Waals surface area contributed by atoms with E-state index in [-0.39, 0.29) is 17.7 Å². The number of hydrogen-bond donors (Lipinski definition) is 0. The largest absolute Gasteiger partial charge is 0.457 e. The topological polar surface area (TPSA) is 43.4 Å². The van der Waals surface area contributed by atoms with Gasteiger partial charge in [0.15, 0.2) is 0 Å². The first kappa shape index (κ1) is 18.9. The highest BCUT2D eigenvalue weighted by Crippen LogP contribution is 2.22. The minimum absolute atomic E-state index is 0.134. The average molecular weight is 282 g/mol. The molecule has 0 saturated carbocycles. The molecule has 0 aliphatic heterocycles. The van der Waals surface area contributed by atoms with E-state index in [0.717, 1.165) is 18.4 Å². The predicted octanol–water partition coefficient (Wildman–Crippen LogP) is 4.31. The summed E-state index contributed by atoms with van der Waals surface area (Å²) in [4.78, 5) is 23.5. The van der Waals surface area contributed by atoms with E-state index in [2.05, 4.69) is 19.9 Å². The predicted molar refractivity (Wildman–Crippen MR) is 82.5 cm³/mol. The molecule has 0 aliphatic carbocycles. The minimum atomic E-state index is -0.422. The maximum absolute atomic E-state index is 11.9. The SMILES string of the molecule is CCC[C@@H](C)/C=C(\C)[C@@H](OC(=O)CC)[C@@H](C)C(=O)CC. The highest BCUT2D eigenvalue weighted by atomic mass is 16.5. The Morgan fingerprint density at radius 1 is 1.10 bits per heavy atom. The van der Waals surface area contributed by atoms with Crippen molar-refractivity contribution in [3.05, 3.63) is 11.6 Å². The fraction of sp³-hybridized carbons (Fsp3) is 0.765. The highest BCUT2D eigenvalue weighted by molar-refractivity contribution is 5.82. The van der Waals surface area contributed by atoms with E-state index >= 15 is 0 Å². The Morgan fingerprint density at radius 2 is 1.70 bits per heavy atom. The van der Waals surface area contributed by atoms with Crippen molar-refractivity contribution in [1.82, 2.24) is 0 Å². The van der Waals surface area contributed by atoms with E-state index in [0.29, 0.717) is 18.8 Å². The van der Waals surface area contributed by atoms with Crippen molar-refractivity contribution in [3.8, 4) is 0 Å². The average Bonchev–Trinajstić information content (AvgIpc) is 2.42. The lowest BCUT2D eigenvalue weighted by atomic mass is 9.90. The third-order valence-corrected chi connectivity index (χ3v) is 3.60. The molecule has 3 atom stereocenters. The molecule has 0 aromatic carbocycles. The molecular formula is C17H30O3. The van der Waals surface area contributed by atoms with Gasteiger partial charge in [0.2, 0.25) is 0 Å². The normalized spacial score (nSPS) is 16.4. The molecule has 0 aromatic heterocycles. The van der Waals surface area contributed by atoms with Gasteiger partial charge in [-0.3, -0.25) is 9.59 Å². The maximum Gasteiger partial charge on any atom is 0.306 e. The van der Waals surface area contributed by atoms with Crippen LogP contribution in [0, 0.1) is 11.8 Å². The lowest BCUT2D eigenvalue weighted by Crippen LogP contribution is -2.31. The molecule has 0 radical (unpaired) electrons. The van der Waals surface area contributed by atoms with Crippen LogP contribution >= 0.6 is 0 Å². The van der Waals surface area contributed by atoms with Crippen LogP contribution in [0.1, 0.15) is 67.2 Å². The third-order valence-electron chi connectivity index (χ3n) is 3.60. The van der Waals surface area contributed by atoms with Crippen LogP contribution in [0.15, 0.2) is 11.6 Å². The quantitative estimate of drug-likeness (QED) is 0.467. The Kier molecular flexibility index (Phi) is 9.19. The van der Waals surface area contributed by atoms with Crippen LogP contribution in [-0.2, 0) is 14.3 Å². The van der Waals surface area contributed by atoms with E-state index < -0.39 is 6.10 Å². The summed E-state index contributed by atoms with van der Waals surface area (Å²) in [5.41, 5.74) is 0.988. The lowest BCUT2D eigenvalue weighted by Gasteiger charge is -2.24. The molecule has 0 N–H and O–H groups in total. The number of ketones is 1. The van der Waals surface area contributed by atoms with Gasteiger partial charge in [-0.2, -0.15) is 0 Å². The summed E-state index contributed by atoms with van der Waals surface area (Å²) in [6.07, 6.45) is 4.74. The zero-order valence-corrected chi connectivity index (χ0v) is 13.9. The molecule has 0 heterocycles. The van der Waals surface area contributed by atoms with Gasteiger partial charge in [0, 0.05) is 12.8 Å². The number of hydrogen-bond acceptors (Lipinski definition) is 3. The molecule has 0 amide bonds. The Hall–Kier alpha value is -1.12. The van der Waals surface area contributed by atoms with Crippen molar-refractivity contribution < 1.29 is 14.3 Å². The van der Waals surface area contributed by atoms with E-state index in [4.69, 9.17) is 4.74 Å². The second-order valence-corrected chi connectivity index (χ2v) is 5.55. The summed E-state index contributed by atoms with van der Waals surface area (Å²) < 4.78 is 5.50. The van der Waals surface area contributed by atoms with Crippen molar-refractivity contribution in [1.29, 1.82) is 0 Å². The fourth-order valence-corrected chi connectivity index (χ4v) is 2.39. The molecule has 0 rings (SSSR count). The monoisotopic (exact) mass is 282 g/mol. The first-order chi connectivity index (χ1) is 9.37. The van der Waals surface area contributed by atoms with Gasteiger partial charge >= 0.3 is 5.97 Å². The second-order valence-electron chi connectivity index (χ2n) is 5.55. The number of ether oxygens (including phenoxy) is 1. The zero-order valence-electron chi connectivity index (χ0n) is 13.9. The van der Waals surface area contributed by atoms with Gasteiger partial charge in [0.25, 0.3) is 0 Å². The van der Waals surface area contributed by atoms with Gasteiger partial charge in [-0.25, -0.2) is 0 Å². The molecule has 0 aromatic rings. The summed E-state index contributed by atoms with van der Waals surface area (Å²) in [7, 11) is 0. The molecular weight excluding hydrogens is 252 g/mol. The molecule has 0 saturated heterocycles. The fourth-order valence-electron chi connectivity index (χ4n) is 2.39. The molecule has 0 aliphatic rings. The van der Waals surface area contributed by atoms with Gasteiger partial charge in [-0.05, 0) is 24.8 Å². The highest BCUT2D eigenvalue weighted by Gasteiger charge is 2.27. The smallest absolute Gasteiger partial charge is 0.306 e. The van der Waals surface area contributed by atoms with Crippen LogP contribution in [0.5, 0.6) is 0 Å². The van der Waals surface area contributed by atoms with Crippen molar-refractivity contribution in [2.24, 2.45) is 11.8 Å². The minimum Gasteiger partial charge on any atom is -0.457 e.